The highest BCUT2D eigenvalue weighted by molar-refractivity contribution is 14.0. The summed E-state index contributed by atoms with van der Waals surface area (Å²) >= 11 is 1.52. The smallest absolute Gasteiger partial charge is 0.205 e. The van der Waals surface area contributed by atoms with E-state index in [1.165, 1.54) is 29.9 Å². The summed E-state index contributed by atoms with van der Waals surface area (Å²) in [5.74, 6) is 2.00. The predicted octanol–water partition coefficient (Wildman–Crippen LogP) is 3.54. The second-order valence-electron chi connectivity index (χ2n) is 7.64. The van der Waals surface area contributed by atoms with Gasteiger partial charge in [-0.05, 0) is 25.3 Å². The van der Waals surface area contributed by atoms with Crippen LogP contribution in [0.15, 0.2) is 35.3 Å². The summed E-state index contributed by atoms with van der Waals surface area (Å²) in [5.41, 5.74) is 1.69. The van der Waals surface area contributed by atoms with Gasteiger partial charge in [-0.15, -0.1) is 24.0 Å². The van der Waals surface area contributed by atoms with Crippen molar-refractivity contribution in [3.63, 3.8) is 0 Å². The van der Waals surface area contributed by atoms with Gasteiger partial charge in [0.05, 0.1) is 6.54 Å². The lowest BCUT2D eigenvalue weighted by atomic mass is 9.96. The molecule has 0 atom stereocenters. The van der Waals surface area contributed by atoms with Crippen LogP contribution >= 0.6 is 35.5 Å². The average Bonchev–Trinajstić information content (AvgIpc) is 3.39. The summed E-state index contributed by atoms with van der Waals surface area (Å²) in [6.45, 7) is 9.87. The number of guanidine groups is 1. The van der Waals surface area contributed by atoms with Crippen LogP contribution in [0.1, 0.15) is 38.1 Å². The molecule has 158 valence electrons. The molecule has 0 unspecified atom stereocenters. The average molecular weight is 526 g/mol. The molecule has 1 aliphatic carbocycles. The summed E-state index contributed by atoms with van der Waals surface area (Å²) in [6, 6.07) is 10.9. The summed E-state index contributed by atoms with van der Waals surface area (Å²) < 4.78 is 4.42. The van der Waals surface area contributed by atoms with Gasteiger partial charge in [-0.2, -0.15) is 4.37 Å². The number of hydrogen-bond donors (Lipinski definition) is 1. The first-order valence-corrected chi connectivity index (χ1v) is 11.2. The molecule has 1 aromatic heterocycles. The first-order chi connectivity index (χ1) is 13.7. The van der Waals surface area contributed by atoms with Crippen molar-refractivity contribution >= 4 is 46.6 Å². The molecule has 2 aliphatic rings. The third-order valence-corrected chi connectivity index (χ3v) is 6.54. The van der Waals surface area contributed by atoms with Crippen molar-refractivity contribution in [3.8, 4) is 0 Å². The van der Waals surface area contributed by atoms with E-state index in [0.717, 1.165) is 62.6 Å². The number of aromatic nitrogens is 2. The van der Waals surface area contributed by atoms with Gasteiger partial charge >= 0.3 is 0 Å². The van der Waals surface area contributed by atoms with Gasteiger partial charge in [-0.25, -0.2) is 4.98 Å². The lowest BCUT2D eigenvalue weighted by Crippen LogP contribution is -2.52. The molecule has 1 N–H and O–H groups in total. The zero-order valence-electron chi connectivity index (χ0n) is 17.3. The van der Waals surface area contributed by atoms with Crippen LogP contribution in [0.5, 0.6) is 0 Å². The minimum Gasteiger partial charge on any atom is -0.357 e. The Labute approximate surface area is 195 Å². The number of aryl methyl sites for hydroxylation is 1. The van der Waals surface area contributed by atoms with Gasteiger partial charge in [0.2, 0.25) is 5.13 Å². The zero-order chi connectivity index (χ0) is 19.4. The molecule has 1 saturated heterocycles. The van der Waals surface area contributed by atoms with Crippen molar-refractivity contribution in [1.82, 2.24) is 19.6 Å². The number of halogens is 1. The summed E-state index contributed by atoms with van der Waals surface area (Å²) in [5, 5.41) is 4.56. The fourth-order valence-electron chi connectivity index (χ4n) is 3.76. The van der Waals surface area contributed by atoms with Crippen LogP contribution < -0.4 is 10.2 Å². The fraction of sp³-hybridized carbons (Fsp3) is 0.571. The molecule has 0 radical (unpaired) electrons. The van der Waals surface area contributed by atoms with Gasteiger partial charge in [0.15, 0.2) is 5.96 Å². The van der Waals surface area contributed by atoms with Crippen molar-refractivity contribution in [3.05, 3.63) is 41.7 Å². The highest BCUT2D eigenvalue weighted by atomic mass is 127. The molecular formula is C21H31IN6S. The SMILES string of the molecule is CCNC(=NCC1(c2ccccc2)CC1)N1CCN(c2nc(CC)ns2)CC1.I. The second-order valence-corrected chi connectivity index (χ2v) is 8.37. The highest BCUT2D eigenvalue weighted by Crippen LogP contribution is 2.48. The summed E-state index contributed by atoms with van der Waals surface area (Å²) in [6.07, 6.45) is 3.38. The van der Waals surface area contributed by atoms with Crippen LogP contribution in [-0.2, 0) is 11.8 Å². The standard InChI is InChI=1S/C21H30N6S.HI/c1-3-18-24-20(28-25-18)27-14-12-26(13-15-27)19(22-4-2)23-16-21(10-11-21)17-8-6-5-7-9-17;/h5-9H,3-4,10-16H2,1-2H3,(H,22,23);1H. The van der Waals surface area contributed by atoms with Crippen molar-refractivity contribution in [2.45, 2.75) is 38.5 Å². The molecule has 29 heavy (non-hydrogen) atoms. The lowest BCUT2D eigenvalue weighted by Gasteiger charge is -2.36. The number of benzene rings is 1. The first-order valence-electron chi connectivity index (χ1n) is 10.4. The van der Waals surface area contributed by atoms with E-state index in [1.807, 2.05) is 0 Å². The van der Waals surface area contributed by atoms with Gasteiger partial charge in [0, 0.05) is 56.1 Å². The van der Waals surface area contributed by atoms with Crippen LogP contribution in [-0.4, -0.2) is 59.5 Å². The molecule has 0 amide bonds. The Hall–Kier alpha value is -1.42. The monoisotopic (exact) mass is 526 g/mol. The van der Waals surface area contributed by atoms with Crippen molar-refractivity contribution < 1.29 is 0 Å². The largest absolute Gasteiger partial charge is 0.357 e. The minimum atomic E-state index is 0. The van der Waals surface area contributed by atoms with Crippen LogP contribution in [0.25, 0.3) is 0 Å². The van der Waals surface area contributed by atoms with E-state index < -0.39 is 0 Å². The maximum atomic E-state index is 5.05. The van der Waals surface area contributed by atoms with Crippen LogP contribution in [0.4, 0.5) is 5.13 Å². The van der Waals surface area contributed by atoms with E-state index in [9.17, 15) is 0 Å². The Morgan fingerprint density at radius 1 is 1.14 bits per heavy atom. The lowest BCUT2D eigenvalue weighted by molar-refractivity contribution is 0.371. The number of nitrogens with one attached hydrogen (secondary N) is 1. The highest BCUT2D eigenvalue weighted by Gasteiger charge is 2.44. The van der Waals surface area contributed by atoms with Crippen molar-refractivity contribution in [2.75, 3.05) is 44.2 Å². The first kappa shape index (κ1) is 22.3. The number of hydrogen-bond acceptors (Lipinski definition) is 5. The fourth-order valence-corrected chi connectivity index (χ4v) is 4.56. The number of nitrogens with zero attached hydrogens (tertiary/aromatic N) is 5. The molecule has 2 heterocycles. The van der Waals surface area contributed by atoms with Gasteiger partial charge in [-0.3, -0.25) is 4.99 Å². The van der Waals surface area contributed by atoms with E-state index in [1.54, 1.807) is 0 Å². The molecule has 2 aromatic rings. The number of rotatable bonds is 6. The number of aliphatic imine (C=N–C) groups is 1. The second kappa shape index (κ2) is 10.1. The van der Waals surface area contributed by atoms with Crippen LogP contribution in [0, 0.1) is 0 Å². The molecule has 2 fully saturated rings. The third kappa shape index (κ3) is 5.20. The Kier molecular flexibility index (Phi) is 7.72. The van der Waals surface area contributed by atoms with E-state index in [0.29, 0.717) is 0 Å². The number of piperazine rings is 1. The van der Waals surface area contributed by atoms with Crippen molar-refractivity contribution in [1.29, 1.82) is 0 Å². The molecule has 1 aliphatic heterocycles. The van der Waals surface area contributed by atoms with Crippen LogP contribution in [0.3, 0.4) is 0 Å². The van der Waals surface area contributed by atoms with E-state index in [-0.39, 0.29) is 29.4 Å². The molecule has 1 saturated carbocycles. The summed E-state index contributed by atoms with van der Waals surface area (Å²) in [4.78, 5) is 14.4. The van der Waals surface area contributed by atoms with Gasteiger partial charge < -0.3 is 15.1 Å². The Balaban J connectivity index is 0.00000240. The normalized spacial score (nSPS) is 18.3. The molecule has 0 bridgehead atoms. The molecule has 1 aromatic carbocycles. The third-order valence-electron chi connectivity index (χ3n) is 5.73. The van der Waals surface area contributed by atoms with Crippen LogP contribution in [0.2, 0.25) is 0 Å². The van der Waals surface area contributed by atoms with Gasteiger partial charge in [-0.1, -0.05) is 37.3 Å². The Morgan fingerprint density at radius 3 is 2.45 bits per heavy atom. The van der Waals surface area contributed by atoms with Gasteiger partial charge in [0.1, 0.15) is 5.82 Å². The predicted molar refractivity (Wildman–Crippen MR) is 132 cm³/mol. The molecule has 6 nitrogen and oxygen atoms in total. The van der Waals surface area contributed by atoms with E-state index in [2.05, 4.69) is 68.7 Å². The number of anilines is 1. The molecule has 0 spiro atoms. The topological polar surface area (TPSA) is 56.7 Å². The van der Waals surface area contributed by atoms with Crippen molar-refractivity contribution in [2.24, 2.45) is 4.99 Å². The maximum absolute atomic E-state index is 5.05. The molecule has 4 rings (SSSR count). The molecule has 8 heteroatoms. The molecular weight excluding hydrogens is 495 g/mol. The zero-order valence-corrected chi connectivity index (χ0v) is 20.5. The van der Waals surface area contributed by atoms with E-state index in [4.69, 9.17) is 4.99 Å². The Morgan fingerprint density at radius 2 is 1.86 bits per heavy atom. The quantitative estimate of drug-likeness (QED) is 0.355. The van der Waals surface area contributed by atoms with E-state index >= 15 is 0 Å². The minimum absolute atomic E-state index is 0. The summed E-state index contributed by atoms with van der Waals surface area (Å²) in [7, 11) is 0. The Bertz CT molecular complexity index is 797. The maximum Gasteiger partial charge on any atom is 0.205 e. The van der Waals surface area contributed by atoms with Gasteiger partial charge in [0.25, 0.3) is 0 Å².